The maximum Gasteiger partial charge on any atom is 0.0646 e. The fourth-order valence-electron chi connectivity index (χ4n) is 2.92. The molecule has 2 N–H and O–H groups in total. The van der Waals surface area contributed by atoms with Crippen molar-refractivity contribution in [1.29, 1.82) is 0 Å². The topological polar surface area (TPSA) is 31.1 Å². The number of benzene rings is 2. The summed E-state index contributed by atoms with van der Waals surface area (Å²) in [7, 11) is 0. The summed E-state index contributed by atoms with van der Waals surface area (Å²) < 4.78 is 5.63. The monoisotopic (exact) mass is 363 g/mol. The summed E-state index contributed by atoms with van der Waals surface area (Å²) in [6.45, 7) is 1.85. The van der Waals surface area contributed by atoms with Gasteiger partial charge in [-0.05, 0) is 42.3 Å². The highest BCUT2D eigenvalue weighted by atomic mass is 35.5. The van der Waals surface area contributed by atoms with Crippen LogP contribution in [0.1, 0.15) is 11.3 Å². The molecule has 0 fully saturated rings. The Labute approximate surface area is 149 Å². The lowest BCUT2D eigenvalue weighted by Gasteiger charge is -2.25. The number of halogens is 2. The molecule has 3 nitrogen and oxygen atoms in total. The van der Waals surface area contributed by atoms with E-state index in [4.69, 9.17) is 23.2 Å². The first-order valence-corrected chi connectivity index (χ1v) is 8.95. The molecule has 23 heavy (non-hydrogen) atoms. The zero-order valence-corrected chi connectivity index (χ0v) is 14.6. The largest absolute Gasteiger partial charge is 0.357 e. The van der Waals surface area contributed by atoms with Crippen molar-refractivity contribution in [2.24, 2.45) is 0 Å². The molecule has 0 atom stereocenters. The number of fused-ring (bicyclic) bond motifs is 3. The van der Waals surface area contributed by atoms with Gasteiger partial charge in [0.25, 0.3) is 0 Å². The van der Waals surface area contributed by atoms with Crippen LogP contribution in [-0.2, 0) is 13.0 Å². The zero-order chi connectivity index (χ0) is 15.8. The Hall–Kier alpha value is -1.33. The van der Waals surface area contributed by atoms with Crippen LogP contribution in [0.25, 0.3) is 10.9 Å². The molecule has 0 radical (unpaired) electrons. The van der Waals surface area contributed by atoms with Gasteiger partial charge in [-0.3, -0.25) is 0 Å². The summed E-state index contributed by atoms with van der Waals surface area (Å²) in [5.74, 6) is 0. The molecule has 0 spiro atoms. The lowest BCUT2D eigenvalue weighted by molar-refractivity contribution is 0.441. The van der Waals surface area contributed by atoms with E-state index in [2.05, 4.69) is 26.1 Å². The van der Waals surface area contributed by atoms with Crippen LogP contribution in [0.4, 0.5) is 5.69 Å². The van der Waals surface area contributed by atoms with E-state index in [1.54, 1.807) is 12.1 Å². The number of aromatic amines is 1. The Kier molecular flexibility index (Phi) is 4.16. The van der Waals surface area contributed by atoms with Crippen LogP contribution < -0.4 is 4.72 Å². The molecule has 1 aliphatic rings. The number of rotatable bonds is 3. The van der Waals surface area contributed by atoms with Crippen molar-refractivity contribution < 1.29 is 0 Å². The maximum atomic E-state index is 6.18. The third kappa shape index (κ3) is 3.04. The predicted octanol–water partition coefficient (Wildman–Crippen LogP) is 5.51. The Bertz CT molecular complexity index is 862. The second-order valence-electron chi connectivity index (χ2n) is 5.56. The molecule has 118 valence electrons. The average Bonchev–Trinajstić information content (AvgIpc) is 2.91. The van der Waals surface area contributed by atoms with Gasteiger partial charge in [0, 0.05) is 40.3 Å². The van der Waals surface area contributed by atoms with E-state index in [0.717, 1.165) is 40.8 Å². The summed E-state index contributed by atoms with van der Waals surface area (Å²) in [5, 5.41) is 2.77. The quantitative estimate of drug-likeness (QED) is 0.601. The van der Waals surface area contributed by atoms with E-state index in [-0.39, 0.29) is 0 Å². The number of hydrogen-bond donors (Lipinski definition) is 2. The van der Waals surface area contributed by atoms with Crippen molar-refractivity contribution in [3.63, 3.8) is 0 Å². The molecule has 0 saturated heterocycles. The number of nitrogens with one attached hydrogen (secondary N) is 2. The summed E-state index contributed by atoms with van der Waals surface area (Å²) in [5.41, 5.74) is 4.75. The molecule has 2 aromatic carbocycles. The van der Waals surface area contributed by atoms with Crippen LogP contribution >= 0.6 is 35.3 Å². The molecule has 6 heteroatoms. The van der Waals surface area contributed by atoms with Crippen molar-refractivity contribution >= 4 is 51.9 Å². The molecule has 0 saturated carbocycles. The van der Waals surface area contributed by atoms with Crippen LogP contribution in [0, 0.1) is 0 Å². The van der Waals surface area contributed by atoms with Crippen LogP contribution in [0.15, 0.2) is 42.5 Å². The smallest absolute Gasteiger partial charge is 0.0646 e. The highest BCUT2D eigenvalue weighted by Gasteiger charge is 2.21. The van der Waals surface area contributed by atoms with Crippen molar-refractivity contribution in [2.45, 2.75) is 13.0 Å². The number of aromatic nitrogens is 1. The van der Waals surface area contributed by atoms with Gasteiger partial charge in [-0.15, -0.1) is 0 Å². The number of H-pyrrole nitrogens is 1. The second kappa shape index (κ2) is 6.29. The third-order valence-corrected chi connectivity index (χ3v) is 5.51. The molecule has 1 aliphatic heterocycles. The minimum atomic E-state index is 0.734. The van der Waals surface area contributed by atoms with Crippen LogP contribution in [-0.4, -0.2) is 15.8 Å². The van der Waals surface area contributed by atoms with Gasteiger partial charge in [0.15, 0.2) is 0 Å². The van der Waals surface area contributed by atoms with E-state index in [1.807, 2.05) is 30.3 Å². The fourth-order valence-corrected chi connectivity index (χ4v) is 4.12. The predicted molar refractivity (Wildman–Crippen MR) is 100 cm³/mol. The number of para-hydroxylation sites is 1. The highest BCUT2D eigenvalue weighted by molar-refractivity contribution is 7.98. The fraction of sp³-hybridized carbons (Fsp3) is 0.176. The van der Waals surface area contributed by atoms with Crippen LogP contribution in [0.3, 0.4) is 0 Å². The van der Waals surface area contributed by atoms with Crippen molar-refractivity contribution in [3.05, 3.63) is 63.8 Å². The Morgan fingerprint density at radius 2 is 2.00 bits per heavy atom. The maximum absolute atomic E-state index is 6.18. The molecular weight excluding hydrogens is 349 g/mol. The SMILES string of the molecule is Clc1ccc2[nH]c3c(c2c1)CCN(SNc1ccccc1Cl)C3. The van der Waals surface area contributed by atoms with Gasteiger partial charge in [-0.2, -0.15) is 0 Å². The normalized spacial score (nSPS) is 14.9. The highest BCUT2D eigenvalue weighted by Crippen LogP contribution is 2.32. The van der Waals surface area contributed by atoms with Gasteiger partial charge in [0.2, 0.25) is 0 Å². The van der Waals surface area contributed by atoms with Crippen molar-refractivity contribution in [2.75, 3.05) is 11.3 Å². The Balaban J connectivity index is 1.51. The van der Waals surface area contributed by atoms with Crippen LogP contribution in [0.2, 0.25) is 10.0 Å². The summed E-state index contributed by atoms with van der Waals surface area (Å²) in [6, 6.07) is 13.8. The third-order valence-electron chi connectivity index (χ3n) is 4.06. The number of hydrogen-bond acceptors (Lipinski definition) is 3. The molecule has 3 aromatic rings. The molecule has 1 aromatic heterocycles. The first kappa shape index (κ1) is 15.2. The van der Waals surface area contributed by atoms with Gasteiger partial charge in [0.1, 0.15) is 0 Å². The first-order valence-electron chi connectivity index (χ1n) is 7.42. The van der Waals surface area contributed by atoms with E-state index >= 15 is 0 Å². The average molecular weight is 364 g/mol. The summed E-state index contributed by atoms with van der Waals surface area (Å²) in [4.78, 5) is 3.52. The van der Waals surface area contributed by atoms with Gasteiger partial charge < -0.3 is 9.71 Å². The summed E-state index contributed by atoms with van der Waals surface area (Å²) in [6.07, 6.45) is 1.01. The van der Waals surface area contributed by atoms with Gasteiger partial charge in [-0.1, -0.05) is 35.3 Å². The van der Waals surface area contributed by atoms with E-state index in [1.165, 1.54) is 16.6 Å². The Morgan fingerprint density at radius 3 is 2.87 bits per heavy atom. The standard InChI is InChI=1S/C17H15Cl2N3S/c18-11-5-6-15-13(9-11)12-7-8-22(10-17(12)20-15)23-21-16-4-2-1-3-14(16)19/h1-6,9,20-21H,7-8,10H2. The van der Waals surface area contributed by atoms with E-state index in [0.29, 0.717) is 0 Å². The minimum Gasteiger partial charge on any atom is -0.357 e. The number of nitrogens with zero attached hydrogens (tertiary/aromatic N) is 1. The van der Waals surface area contributed by atoms with Gasteiger partial charge in [0.05, 0.1) is 17.3 Å². The lowest BCUT2D eigenvalue weighted by atomic mass is 10.0. The Morgan fingerprint density at radius 1 is 1.13 bits per heavy atom. The zero-order valence-electron chi connectivity index (χ0n) is 12.3. The molecule has 0 bridgehead atoms. The van der Waals surface area contributed by atoms with Gasteiger partial charge >= 0.3 is 0 Å². The van der Waals surface area contributed by atoms with Crippen molar-refractivity contribution in [1.82, 2.24) is 9.29 Å². The van der Waals surface area contributed by atoms with Crippen LogP contribution in [0.5, 0.6) is 0 Å². The van der Waals surface area contributed by atoms with Crippen molar-refractivity contribution in [3.8, 4) is 0 Å². The molecule has 4 rings (SSSR count). The molecule has 0 unspecified atom stereocenters. The van der Waals surface area contributed by atoms with E-state index in [9.17, 15) is 0 Å². The summed E-state index contributed by atoms with van der Waals surface area (Å²) >= 11 is 13.9. The minimum absolute atomic E-state index is 0.734. The number of anilines is 1. The lowest BCUT2D eigenvalue weighted by Crippen LogP contribution is -2.25. The molecule has 0 aliphatic carbocycles. The first-order chi connectivity index (χ1) is 11.2. The second-order valence-corrected chi connectivity index (χ2v) is 7.31. The molecular formula is C17H15Cl2N3S. The molecule has 0 amide bonds. The van der Waals surface area contributed by atoms with Gasteiger partial charge in [-0.25, -0.2) is 4.31 Å². The van der Waals surface area contributed by atoms with E-state index < -0.39 is 0 Å². The molecule has 2 heterocycles.